The molecule has 0 aliphatic carbocycles. The van der Waals surface area contributed by atoms with Gasteiger partial charge in [-0.05, 0) is 35.7 Å². The number of nitrogens with zero attached hydrogens (tertiary/aromatic N) is 1. The van der Waals surface area contributed by atoms with Crippen molar-refractivity contribution in [1.82, 2.24) is 9.88 Å². The van der Waals surface area contributed by atoms with E-state index < -0.39 is 30.1 Å². The summed E-state index contributed by atoms with van der Waals surface area (Å²) in [5, 5.41) is 5.83. The Kier molecular flexibility index (Phi) is 5.67. The quantitative estimate of drug-likeness (QED) is 0.688. The van der Waals surface area contributed by atoms with Crippen LogP contribution in [0, 0.1) is 0 Å². The first-order chi connectivity index (χ1) is 13.7. The molecule has 1 heterocycles. The largest absolute Gasteiger partial charge is 0.416 e. The molecule has 0 atom stereocenters. The predicted molar refractivity (Wildman–Crippen MR) is 101 cm³/mol. The smallest absolute Gasteiger partial charge is 0.345 e. The molecule has 150 valence electrons. The zero-order valence-corrected chi connectivity index (χ0v) is 15.0. The summed E-state index contributed by atoms with van der Waals surface area (Å²) in [5.41, 5.74) is -1.27. The van der Waals surface area contributed by atoms with E-state index >= 15 is 0 Å². The van der Waals surface area contributed by atoms with E-state index in [1.165, 1.54) is 22.9 Å². The van der Waals surface area contributed by atoms with Crippen molar-refractivity contribution in [3.05, 3.63) is 76.7 Å². The highest BCUT2D eigenvalue weighted by molar-refractivity contribution is 5.94. The van der Waals surface area contributed by atoms with E-state index in [9.17, 15) is 27.6 Å². The van der Waals surface area contributed by atoms with Crippen LogP contribution in [0.3, 0.4) is 0 Å². The van der Waals surface area contributed by atoms with Gasteiger partial charge in [-0.15, -0.1) is 0 Å². The molecule has 2 amide bonds. The molecule has 1 aromatic heterocycles. The highest BCUT2D eigenvalue weighted by Gasteiger charge is 2.30. The highest BCUT2D eigenvalue weighted by Crippen LogP contribution is 2.30. The minimum Gasteiger partial charge on any atom is -0.345 e. The van der Waals surface area contributed by atoms with Crippen molar-refractivity contribution < 1.29 is 22.8 Å². The molecule has 2 aromatic carbocycles. The molecule has 0 bridgehead atoms. The summed E-state index contributed by atoms with van der Waals surface area (Å²) in [7, 11) is 0. The molecule has 0 saturated carbocycles. The molecule has 3 rings (SSSR count). The number of benzene rings is 2. The molecule has 0 aliphatic heterocycles. The number of anilines is 1. The first kappa shape index (κ1) is 20.1. The van der Waals surface area contributed by atoms with E-state index in [0.29, 0.717) is 5.39 Å². The molecule has 6 nitrogen and oxygen atoms in total. The average molecular weight is 403 g/mol. The fraction of sp³-hybridized carbons (Fsp3) is 0.150. The van der Waals surface area contributed by atoms with Crippen molar-refractivity contribution in [1.29, 1.82) is 0 Å². The van der Waals surface area contributed by atoms with Gasteiger partial charge in [-0.2, -0.15) is 13.2 Å². The molecule has 0 unspecified atom stereocenters. The van der Waals surface area contributed by atoms with E-state index in [0.717, 1.165) is 17.5 Å². The minimum absolute atomic E-state index is 0.0372. The van der Waals surface area contributed by atoms with Crippen molar-refractivity contribution >= 4 is 28.3 Å². The first-order valence-corrected chi connectivity index (χ1v) is 8.56. The molecular formula is C20H16F3N3O3. The topological polar surface area (TPSA) is 80.2 Å². The lowest BCUT2D eigenvalue weighted by Crippen LogP contribution is -2.37. The number of hydrogen-bond donors (Lipinski definition) is 2. The van der Waals surface area contributed by atoms with Crippen LogP contribution in [0.15, 0.2) is 65.6 Å². The van der Waals surface area contributed by atoms with Gasteiger partial charge in [0.05, 0.1) is 12.1 Å². The molecule has 0 fully saturated rings. The Morgan fingerprint density at radius 1 is 0.966 bits per heavy atom. The second-order valence-electron chi connectivity index (χ2n) is 6.24. The molecule has 29 heavy (non-hydrogen) atoms. The molecule has 2 N–H and O–H groups in total. The van der Waals surface area contributed by atoms with Crippen LogP contribution in [0.25, 0.3) is 10.8 Å². The summed E-state index contributed by atoms with van der Waals surface area (Å²) >= 11 is 0. The van der Waals surface area contributed by atoms with Crippen LogP contribution in [0.4, 0.5) is 18.9 Å². The third kappa shape index (κ3) is 5.01. The Morgan fingerprint density at radius 3 is 2.48 bits per heavy atom. The second-order valence-corrected chi connectivity index (χ2v) is 6.24. The average Bonchev–Trinajstić information content (AvgIpc) is 2.68. The van der Waals surface area contributed by atoms with Crippen molar-refractivity contribution in [2.75, 3.05) is 11.9 Å². The number of pyridine rings is 1. The second kappa shape index (κ2) is 8.17. The van der Waals surface area contributed by atoms with Crippen LogP contribution < -0.4 is 16.2 Å². The lowest BCUT2D eigenvalue weighted by Gasteiger charge is -2.11. The van der Waals surface area contributed by atoms with Gasteiger partial charge in [0.25, 0.3) is 5.56 Å². The fourth-order valence-corrected chi connectivity index (χ4v) is 2.72. The molecular weight excluding hydrogens is 387 g/mol. The normalized spacial score (nSPS) is 11.3. The number of nitrogens with one attached hydrogen (secondary N) is 2. The number of hydrogen-bond acceptors (Lipinski definition) is 3. The van der Waals surface area contributed by atoms with Gasteiger partial charge in [-0.3, -0.25) is 14.4 Å². The molecule has 0 saturated heterocycles. The van der Waals surface area contributed by atoms with Gasteiger partial charge in [-0.25, -0.2) is 0 Å². The number of carbonyl (C=O) groups excluding carboxylic acids is 2. The van der Waals surface area contributed by atoms with Crippen LogP contribution in [-0.4, -0.2) is 22.9 Å². The Labute approximate surface area is 163 Å². The standard InChI is InChI=1S/C20H16F3N3O3/c21-20(22,23)14-5-3-6-15(10-14)25-17(27)11-24-18(28)12-26-9-8-13-4-1-2-7-16(13)19(26)29/h1-10H,11-12H2,(H,24,28)(H,25,27). The van der Waals surface area contributed by atoms with Gasteiger partial charge >= 0.3 is 6.18 Å². The van der Waals surface area contributed by atoms with Crippen LogP contribution in [-0.2, 0) is 22.3 Å². The van der Waals surface area contributed by atoms with E-state index in [2.05, 4.69) is 10.6 Å². The highest BCUT2D eigenvalue weighted by atomic mass is 19.4. The lowest BCUT2D eigenvalue weighted by molar-refractivity contribution is -0.137. The van der Waals surface area contributed by atoms with Gasteiger partial charge in [0.15, 0.2) is 0 Å². The number of carbonyl (C=O) groups is 2. The number of alkyl halides is 3. The number of amides is 2. The van der Waals surface area contributed by atoms with Gasteiger partial charge in [-0.1, -0.05) is 24.3 Å². The maximum Gasteiger partial charge on any atom is 0.416 e. The summed E-state index contributed by atoms with van der Waals surface area (Å²) < 4.78 is 39.3. The van der Waals surface area contributed by atoms with Gasteiger partial charge in [0.2, 0.25) is 11.8 Å². The van der Waals surface area contributed by atoms with Crippen LogP contribution in [0.2, 0.25) is 0 Å². The predicted octanol–water partition coefficient (Wildman–Crippen LogP) is 2.78. The van der Waals surface area contributed by atoms with Gasteiger partial charge < -0.3 is 15.2 Å². The van der Waals surface area contributed by atoms with Crippen LogP contribution >= 0.6 is 0 Å². The van der Waals surface area contributed by atoms with Crippen molar-refractivity contribution in [2.24, 2.45) is 0 Å². The maximum absolute atomic E-state index is 12.7. The Balaban J connectivity index is 1.58. The number of fused-ring (bicyclic) bond motifs is 1. The molecule has 0 aliphatic rings. The third-order valence-electron chi connectivity index (χ3n) is 4.12. The van der Waals surface area contributed by atoms with Crippen molar-refractivity contribution in [3.8, 4) is 0 Å². The molecule has 3 aromatic rings. The van der Waals surface area contributed by atoms with Gasteiger partial charge in [0.1, 0.15) is 6.54 Å². The van der Waals surface area contributed by atoms with E-state index in [4.69, 9.17) is 0 Å². The lowest BCUT2D eigenvalue weighted by atomic mass is 10.2. The summed E-state index contributed by atoms with van der Waals surface area (Å²) in [6, 6.07) is 12.8. The van der Waals surface area contributed by atoms with Crippen LogP contribution in [0.1, 0.15) is 5.56 Å². The molecule has 9 heteroatoms. The van der Waals surface area contributed by atoms with E-state index in [1.807, 2.05) is 0 Å². The fourth-order valence-electron chi connectivity index (χ4n) is 2.72. The first-order valence-electron chi connectivity index (χ1n) is 8.56. The van der Waals surface area contributed by atoms with E-state index in [1.54, 1.807) is 30.3 Å². The summed E-state index contributed by atoms with van der Waals surface area (Å²) in [5.74, 6) is -1.27. The van der Waals surface area contributed by atoms with Crippen molar-refractivity contribution in [3.63, 3.8) is 0 Å². The Morgan fingerprint density at radius 2 is 1.72 bits per heavy atom. The van der Waals surface area contributed by atoms with Gasteiger partial charge in [0, 0.05) is 17.3 Å². The zero-order valence-electron chi connectivity index (χ0n) is 15.0. The SMILES string of the molecule is O=C(Cn1ccc2ccccc2c1=O)NCC(=O)Nc1cccc(C(F)(F)F)c1. The number of halogens is 3. The minimum atomic E-state index is -4.53. The summed E-state index contributed by atoms with van der Waals surface area (Å²) in [4.78, 5) is 36.3. The summed E-state index contributed by atoms with van der Waals surface area (Å²) in [6.07, 6.45) is -3.05. The summed E-state index contributed by atoms with van der Waals surface area (Å²) in [6.45, 7) is -0.738. The monoisotopic (exact) mass is 403 g/mol. The Bertz CT molecular complexity index is 1120. The number of aromatic nitrogens is 1. The van der Waals surface area contributed by atoms with E-state index in [-0.39, 0.29) is 17.8 Å². The molecule has 0 spiro atoms. The van der Waals surface area contributed by atoms with Crippen LogP contribution in [0.5, 0.6) is 0 Å². The molecule has 0 radical (unpaired) electrons. The number of rotatable bonds is 5. The Hall–Kier alpha value is -3.62. The van der Waals surface area contributed by atoms with Crippen molar-refractivity contribution in [2.45, 2.75) is 12.7 Å². The maximum atomic E-state index is 12.7. The zero-order chi connectivity index (χ0) is 21.0. The third-order valence-corrected chi connectivity index (χ3v) is 4.12.